The van der Waals surface area contributed by atoms with Crippen molar-refractivity contribution < 1.29 is 4.74 Å². The Balaban J connectivity index is 1.52. The summed E-state index contributed by atoms with van der Waals surface area (Å²) in [4.78, 5) is 12.6. The molecule has 23 heavy (non-hydrogen) atoms. The minimum absolute atomic E-state index is 0.229. The van der Waals surface area contributed by atoms with Crippen molar-refractivity contribution in [3.63, 3.8) is 0 Å². The number of pyridine rings is 1. The number of rotatable bonds is 5. The number of hydrogen-bond acceptors (Lipinski definition) is 5. The van der Waals surface area contributed by atoms with Crippen LogP contribution in [0, 0.1) is 5.92 Å². The first-order chi connectivity index (χ1) is 11.3. The van der Waals surface area contributed by atoms with Gasteiger partial charge in [0, 0.05) is 24.4 Å². The molecule has 6 heteroatoms. The van der Waals surface area contributed by atoms with Crippen molar-refractivity contribution in [1.29, 1.82) is 0 Å². The molecule has 0 spiro atoms. The summed E-state index contributed by atoms with van der Waals surface area (Å²) in [5, 5.41) is 3.58. The monoisotopic (exact) mass is 332 g/mol. The summed E-state index contributed by atoms with van der Waals surface area (Å²) in [5.41, 5.74) is 1.23. The highest BCUT2D eigenvalue weighted by Gasteiger charge is 2.23. The molecule has 0 aromatic carbocycles. The highest BCUT2D eigenvalue weighted by molar-refractivity contribution is 6.28. The maximum atomic E-state index is 5.86. The number of hydrogen-bond donors (Lipinski definition) is 1. The number of anilines is 1. The lowest BCUT2D eigenvalue weighted by Gasteiger charge is -2.28. The standard InChI is InChI=1S/C17H21ClN4O/c1-23-15-11-21-17(18)22-16(15)20-10-12-5-7-13(8-6-12)14-4-2-3-9-19-14/h2-4,9,11-13H,5-8,10H2,1H3,(H,20,21,22). The van der Waals surface area contributed by atoms with E-state index in [1.54, 1.807) is 13.3 Å². The van der Waals surface area contributed by atoms with E-state index in [1.165, 1.54) is 31.4 Å². The van der Waals surface area contributed by atoms with Crippen LogP contribution in [0.15, 0.2) is 30.6 Å². The fourth-order valence-corrected chi connectivity index (χ4v) is 3.28. The molecule has 1 saturated carbocycles. The molecular weight excluding hydrogens is 312 g/mol. The quantitative estimate of drug-likeness (QED) is 0.841. The van der Waals surface area contributed by atoms with Gasteiger partial charge in [-0.1, -0.05) is 6.07 Å². The highest BCUT2D eigenvalue weighted by atomic mass is 35.5. The molecule has 2 heterocycles. The molecule has 0 unspecified atom stereocenters. The van der Waals surface area contributed by atoms with Crippen molar-refractivity contribution >= 4 is 17.4 Å². The van der Waals surface area contributed by atoms with Crippen LogP contribution in [0.5, 0.6) is 5.75 Å². The third-order valence-corrected chi connectivity index (χ3v) is 4.64. The average Bonchev–Trinajstić information content (AvgIpc) is 2.61. The fraction of sp³-hybridized carbons (Fsp3) is 0.471. The lowest BCUT2D eigenvalue weighted by atomic mass is 9.80. The number of halogens is 1. The molecule has 2 aromatic rings. The molecule has 2 aromatic heterocycles. The molecular formula is C17H21ClN4O. The van der Waals surface area contributed by atoms with Gasteiger partial charge in [-0.2, -0.15) is 4.98 Å². The van der Waals surface area contributed by atoms with Crippen LogP contribution in [0.1, 0.15) is 37.3 Å². The first kappa shape index (κ1) is 16.0. The number of nitrogens with one attached hydrogen (secondary N) is 1. The average molecular weight is 333 g/mol. The van der Waals surface area contributed by atoms with Gasteiger partial charge in [0.25, 0.3) is 0 Å². The molecule has 0 bridgehead atoms. The largest absolute Gasteiger partial charge is 0.491 e. The molecule has 1 aliphatic carbocycles. The van der Waals surface area contributed by atoms with Crippen LogP contribution in [0.2, 0.25) is 5.28 Å². The Morgan fingerprint density at radius 1 is 1.22 bits per heavy atom. The van der Waals surface area contributed by atoms with E-state index >= 15 is 0 Å². The molecule has 1 fully saturated rings. The Morgan fingerprint density at radius 2 is 2.04 bits per heavy atom. The number of nitrogens with zero attached hydrogens (tertiary/aromatic N) is 3. The van der Waals surface area contributed by atoms with E-state index in [2.05, 4.69) is 32.4 Å². The van der Waals surface area contributed by atoms with Gasteiger partial charge < -0.3 is 10.1 Å². The first-order valence-electron chi connectivity index (χ1n) is 7.97. The summed E-state index contributed by atoms with van der Waals surface area (Å²) in [6.45, 7) is 0.874. The van der Waals surface area contributed by atoms with Gasteiger partial charge in [-0.25, -0.2) is 4.98 Å². The third kappa shape index (κ3) is 4.10. The van der Waals surface area contributed by atoms with Gasteiger partial charge in [0.05, 0.1) is 13.3 Å². The lowest BCUT2D eigenvalue weighted by Crippen LogP contribution is -2.21. The highest BCUT2D eigenvalue weighted by Crippen LogP contribution is 2.35. The van der Waals surface area contributed by atoms with Crippen molar-refractivity contribution in [2.24, 2.45) is 5.92 Å². The Bertz CT molecular complexity index is 630. The van der Waals surface area contributed by atoms with E-state index < -0.39 is 0 Å². The van der Waals surface area contributed by atoms with Gasteiger partial charge in [0.2, 0.25) is 5.28 Å². The lowest BCUT2D eigenvalue weighted by molar-refractivity contribution is 0.334. The van der Waals surface area contributed by atoms with Crippen LogP contribution in [0.4, 0.5) is 5.82 Å². The Hall–Kier alpha value is -1.88. The van der Waals surface area contributed by atoms with Crippen LogP contribution in [-0.4, -0.2) is 28.6 Å². The van der Waals surface area contributed by atoms with E-state index in [-0.39, 0.29) is 5.28 Å². The van der Waals surface area contributed by atoms with Crippen LogP contribution >= 0.6 is 11.6 Å². The molecule has 1 N–H and O–H groups in total. The van der Waals surface area contributed by atoms with E-state index in [0.717, 1.165) is 6.54 Å². The number of methoxy groups -OCH3 is 1. The zero-order valence-corrected chi connectivity index (χ0v) is 14.0. The van der Waals surface area contributed by atoms with E-state index in [1.807, 2.05) is 12.3 Å². The van der Waals surface area contributed by atoms with Crippen molar-refractivity contribution in [3.8, 4) is 5.75 Å². The summed E-state index contributed by atoms with van der Waals surface area (Å²) in [6.07, 6.45) is 8.23. The topological polar surface area (TPSA) is 59.9 Å². The van der Waals surface area contributed by atoms with Gasteiger partial charge in [0.1, 0.15) is 0 Å². The number of aromatic nitrogens is 3. The van der Waals surface area contributed by atoms with E-state index in [0.29, 0.717) is 23.4 Å². The van der Waals surface area contributed by atoms with Gasteiger partial charge in [-0.05, 0) is 55.3 Å². The maximum absolute atomic E-state index is 5.86. The molecule has 0 atom stereocenters. The molecule has 3 rings (SSSR count). The van der Waals surface area contributed by atoms with Crippen molar-refractivity contribution in [2.45, 2.75) is 31.6 Å². The predicted octanol–water partition coefficient (Wildman–Crippen LogP) is 3.92. The zero-order valence-electron chi connectivity index (χ0n) is 13.2. The molecule has 0 aliphatic heterocycles. The van der Waals surface area contributed by atoms with Gasteiger partial charge >= 0.3 is 0 Å². The Kier molecular flexibility index (Phi) is 5.28. The van der Waals surface area contributed by atoms with Crippen molar-refractivity contribution in [3.05, 3.63) is 41.6 Å². The van der Waals surface area contributed by atoms with E-state index in [4.69, 9.17) is 16.3 Å². The molecule has 0 saturated heterocycles. The van der Waals surface area contributed by atoms with Crippen LogP contribution in [0.3, 0.4) is 0 Å². The summed E-state index contributed by atoms with van der Waals surface area (Å²) in [6, 6.07) is 6.18. The molecule has 1 aliphatic rings. The van der Waals surface area contributed by atoms with Gasteiger partial charge in [0.15, 0.2) is 11.6 Å². The maximum Gasteiger partial charge on any atom is 0.224 e. The second kappa shape index (κ2) is 7.59. The van der Waals surface area contributed by atoms with Crippen molar-refractivity contribution in [2.75, 3.05) is 19.0 Å². The van der Waals surface area contributed by atoms with Crippen LogP contribution < -0.4 is 10.1 Å². The van der Waals surface area contributed by atoms with Crippen LogP contribution in [-0.2, 0) is 0 Å². The van der Waals surface area contributed by atoms with Crippen LogP contribution in [0.25, 0.3) is 0 Å². The molecule has 0 radical (unpaired) electrons. The minimum Gasteiger partial charge on any atom is -0.491 e. The summed E-state index contributed by atoms with van der Waals surface area (Å²) >= 11 is 5.86. The SMILES string of the molecule is COc1cnc(Cl)nc1NCC1CCC(c2ccccn2)CC1. The van der Waals surface area contributed by atoms with E-state index in [9.17, 15) is 0 Å². The second-order valence-corrected chi connectivity index (χ2v) is 6.25. The predicted molar refractivity (Wildman–Crippen MR) is 91.0 cm³/mol. The summed E-state index contributed by atoms with van der Waals surface area (Å²) in [5.74, 6) is 2.51. The third-order valence-electron chi connectivity index (χ3n) is 4.46. The molecule has 5 nitrogen and oxygen atoms in total. The van der Waals surface area contributed by atoms with Gasteiger partial charge in [-0.3, -0.25) is 4.98 Å². The Morgan fingerprint density at radius 3 is 2.74 bits per heavy atom. The van der Waals surface area contributed by atoms with Crippen molar-refractivity contribution in [1.82, 2.24) is 15.0 Å². The Labute approximate surface area is 141 Å². The second-order valence-electron chi connectivity index (χ2n) is 5.91. The normalized spacial score (nSPS) is 21.0. The summed E-state index contributed by atoms with van der Waals surface area (Å²) < 4.78 is 5.26. The smallest absolute Gasteiger partial charge is 0.224 e. The fourth-order valence-electron chi connectivity index (χ4n) is 3.15. The first-order valence-corrected chi connectivity index (χ1v) is 8.35. The number of ether oxygens (including phenoxy) is 1. The molecule has 122 valence electrons. The van der Waals surface area contributed by atoms with Gasteiger partial charge in [-0.15, -0.1) is 0 Å². The summed E-state index contributed by atoms with van der Waals surface area (Å²) in [7, 11) is 1.61. The minimum atomic E-state index is 0.229. The molecule has 0 amide bonds. The zero-order chi connectivity index (χ0) is 16.1.